The topological polar surface area (TPSA) is 105 Å². The molecule has 3 N–H and O–H groups in total. The van der Waals surface area contributed by atoms with Crippen LogP contribution in [0.5, 0.6) is 0 Å². The van der Waals surface area contributed by atoms with Gasteiger partial charge in [-0.05, 0) is 11.4 Å². The normalized spacial score (nSPS) is 9.78. The summed E-state index contributed by atoms with van der Waals surface area (Å²) in [5.41, 5.74) is 2.50. The number of thiophene rings is 1. The third kappa shape index (κ3) is 5.41. The van der Waals surface area contributed by atoms with Crippen molar-refractivity contribution in [3.05, 3.63) is 22.4 Å². The van der Waals surface area contributed by atoms with Gasteiger partial charge in [0.15, 0.2) is 6.61 Å². The molecular weight excluding hydrogens is 260 g/mol. The van der Waals surface area contributed by atoms with Crippen LogP contribution in [-0.4, -0.2) is 36.0 Å². The number of amides is 2. The maximum Gasteiger partial charge on any atom is 0.332 e. The van der Waals surface area contributed by atoms with Crippen molar-refractivity contribution < 1.29 is 24.3 Å². The van der Waals surface area contributed by atoms with Crippen LogP contribution in [0.15, 0.2) is 16.8 Å². The minimum atomic E-state index is -1.18. The maximum absolute atomic E-state index is 11.4. The zero-order valence-electron chi connectivity index (χ0n) is 9.34. The van der Waals surface area contributed by atoms with Crippen molar-refractivity contribution in [3.8, 4) is 0 Å². The number of hydroxylamine groups is 1. The minimum Gasteiger partial charge on any atom is -0.479 e. The second kappa shape index (κ2) is 7.41. The Balaban J connectivity index is 2.12. The minimum absolute atomic E-state index is 0.00942. The van der Waals surface area contributed by atoms with Crippen molar-refractivity contribution in [2.45, 2.75) is 6.42 Å². The van der Waals surface area contributed by atoms with E-state index in [1.165, 1.54) is 11.3 Å². The van der Waals surface area contributed by atoms with Gasteiger partial charge in [-0.1, -0.05) is 0 Å². The summed E-state index contributed by atoms with van der Waals surface area (Å²) in [7, 11) is 0. The first kappa shape index (κ1) is 14.1. The van der Waals surface area contributed by atoms with Gasteiger partial charge in [0.2, 0.25) is 5.91 Å². The van der Waals surface area contributed by atoms with E-state index in [1.807, 2.05) is 5.48 Å². The lowest BCUT2D eigenvalue weighted by atomic mass is 10.3. The van der Waals surface area contributed by atoms with Crippen LogP contribution in [0, 0.1) is 0 Å². The molecule has 8 heteroatoms. The average Bonchev–Trinajstić information content (AvgIpc) is 2.81. The number of hydrogen-bond acceptors (Lipinski definition) is 5. The van der Waals surface area contributed by atoms with Crippen molar-refractivity contribution in [1.29, 1.82) is 0 Å². The Morgan fingerprint density at radius 1 is 1.39 bits per heavy atom. The molecule has 0 saturated carbocycles. The van der Waals surface area contributed by atoms with E-state index in [9.17, 15) is 14.4 Å². The van der Waals surface area contributed by atoms with E-state index >= 15 is 0 Å². The molecule has 98 valence electrons. The van der Waals surface area contributed by atoms with E-state index in [-0.39, 0.29) is 18.9 Å². The van der Waals surface area contributed by atoms with Crippen molar-refractivity contribution in [1.82, 2.24) is 10.8 Å². The first-order valence-corrected chi connectivity index (χ1v) is 5.96. The van der Waals surface area contributed by atoms with Crippen molar-refractivity contribution in [3.63, 3.8) is 0 Å². The molecule has 0 saturated heterocycles. The van der Waals surface area contributed by atoms with E-state index in [4.69, 9.17) is 5.11 Å². The second-order valence-corrected chi connectivity index (χ2v) is 4.01. The summed E-state index contributed by atoms with van der Waals surface area (Å²) in [4.78, 5) is 37.0. The summed E-state index contributed by atoms with van der Waals surface area (Å²) in [5.74, 6) is -1.93. The van der Waals surface area contributed by atoms with E-state index in [0.717, 1.165) is 0 Å². The first-order chi connectivity index (χ1) is 8.59. The molecule has 0 aliphatic carbocycles. The third-order valence-corrected chi connectivity index (χ3v) is 2.49. The van der Waals surface area contributed by atoms with Crippen LogP contribution < -0.4 is 10.8 Å². The highest BCUT2D eigenvalue weighted by molar-refractivity contribution is 7.08. The molecule has 0 aliphatic heterocycles. The largest absolute Gasteiger partial charge is 0.479 e. The molecule has 0 spiro atoms. The van der Waals surface area contributed by atoms with Crippen LogP contribution in [0.3, 0.4) is 0 Å². The Morgan fingerprint density at radius 3 is 2.78 bits per heavy atom. The number of carboxylic acid groups (broad SMARTS) is 1. The molecule has 0 fully saturated rings. The van der Waals surface area contributed by atoms with E-state index < -0.39 is 18.5 Å². The molecule has 1 heterocycles. The Hall–Kier alpha value is -1.93. The first-order valence-electron chi connectivity index (χ1n) is 5.02. The number of carboxylic acids is 1. The quantitative estimate of drug-likeness (QED) is 0.606. The van der Waals surface area contributed by atoms with Gasteiger partial charge in [0.25, 0.3) is 5.91 Å². The Bertz CT molecular complexity index is 418. The number of aliphatic carboxylic acids is 1. The van der Waals surface area contributed by atoms with E-state index in [1.54, 1.807) is 16.8 Å². The molecular formula is C10H12N2O5S. The van der Waals surface area contributed by atoms with E-state index in [0.29, 0.717) is 5.56 Å². The van der Waals surface area contributed by atoms with Gasteiger partial charge in [-0.3, -0.25) is 14.4 Å². The van der Waals surface area contributed by atoms with Crippen LogP contribution >= 0.6 is 11.3 Å². The second-order valence-electron chi connectivity index (χ2n) is 3.23. The molecule has 1 aromatic rings. The number of carbonyl (C=O) groups is 3. The van der Waals surface area contributed by atoms with Crippen LogP contribution in [0.4, 0.5) is 0 Å². The molecule has 0 aromatic carbocycles. The van der Waals surface area contributed by atoms with Crippen LogP contribution in [0.1, 0.15) is 16.8 Å². The summed E-state index contributed by atoms with van der Waals surface area (Å²) < 4.78 is 0. The lowest BCUT2D eigenvalue weighted by Crippen LogP contribution is -2.31. The molecule has 1 aromatic heterocycles. The van der Waals surface area contributed by atoms with E-state index in [2.05, 4.69) is 10.2 Å². The Morgan fingerprint density at radius 2 is 2.17 bits per heavy atom. The van der Waals surface area contributed by atoms with Gasteiger partial charge < -0.3 is 10.4 Å². The predicted octanol–water partition coefficient (Wildman–Crippen LogP) is 0.000400. The fourth-order valence-electron chi connectivity index (χ4n) is 1.01. The van der Waals surface area contributed by atoms with Crippen LogP contribution in [0.2, 0.25) is 0 Å². The molecule has 7 nitrogen and oxygen atoms in total. The van der Waals surface area contributed by atoms with Crippen molar-refractivity contribution >= 4 is 29.1 Å². The lowest BCUT2D eigenvalue weighted by Gasteiger charge is -2.05. The van der Waals surface area contributed by atoms with Gasteiger partial charge in [0.05, 0.1) is 0 Å². The number of carbonyl (C=O) groups excluding carboxylic acids is 2. The SMILES string of the molecule is O=C(O)CONC(=O)CCNC(=O)c1ccsc1. The smallest absolute Gasteiger partial charge is 0.332 e. The van der Waals surface area contributed by atoms with Gasteiger partial charge in [-0.15, -0.1) is 0 Å². The van der Waals surface area contributed by atoms with Crippen molar-refractivity contribution in [2.75, 3.05) is 13.2 Å². The Kier molecular flexibility index (Phi) is 5.81. The zero-order valence-corrected chi connectivity index (χ0v) is 10.2. The average molecular weight is 272 g/mol. The van der Waals surface area contributed by atoms with Crippen molar-refractivity contribution in [2.24, 2.45) is 0 Å². The van der Waals surface area contributed by atoms with Crippen LogP contribution in [-0.2, 0) is 14.4 Å². The van der Waals surface area contributed by atoms with Gasteiger partial charge >= 0.3 is 5.97 Å². The van der Waals surface area contributed by atoms with Crippen LogP contribution in [0.25, 0.3) is 0 Å². The number of hydrogen-bond donors (Lipinski definition) is 3. The monoisotopic (exact) mass is 272 g/mol. The van der Waals surface area contributed by atoms with Gasteiger partial charge in [0, 0.05) is 23.9 Å². The number of nitrogens with one attached hydrogen (secondary N) is 2. The molecule has 1 rings (SSSR count). The van der Waals surface area contributed by atoms with Gasteiger partial charge in [-0.25, -0.2) is 10.3 Å². The highest BCUT2D eigenvalue weighted by atomic mass is 32.1. The van der Waals surface area contributed by atoms with Gasteiger partial charge in [-0.2, -0.15) is 11.3 Å². The summed E-state index contributed by atoms with van der Waals surface area (Å²) in [6, 6.07) is 1.68. The summed E-state index contributed by atoms with van der Waals surface area (Å²) in [6.07, 6.45) is 0.00942. The molecule has 0 radical (unpaired) electrons. The highest BCUT2D eigenvalue weighted by Crippen LogP contribution is 2.04. The third-order valence-electron chi connectivity index (χ3n) is 1.80. The molecule has 18 heavy (non-hydrogen) atoms. The lowest BCUT2D eigenvalue weighted by molar-refractivity contribution is -0.149. The molecule has 2 amide bonds. The summed E-state index contributed by atoms with van der Waals surface area (Å²) in [5, 5.41) is 14.3. The standard InChI is InChI=1S/C10H12N2O5S/c13-8(12-17-5-9(14)15)1-3-11-10(16)7-2-4-18-6-7/h2,4,6H,1,3,5H2,(H,11,16)(H,12,13)(H,14,15). The molecule has 0 bridgehead atoms. The fraction of sp³-hybridized carbons (Fsp3) is 0.300. The predicted molar refractivity (Wildman–Crippen MR) is 63.0 cm³/mol. The number of rotatable bonds is 7. The fourth-order valence-corrected chi connectivity index (χ4v) is 1.65. The Labute approximate surface area is 107 Å². The summed E-state index contributed by atoms with van der Waals surface area (Å²) in [6.45, 7) is -0.454. The molecule has 0 atom stereocenters. The molecule has 0 unspecified atom stereocenters. The van der Waals surface area contributed by atoms with Gasteiger partial charge in [0.1, 0.15) is 0 Å². The highest BCUT2D eigenvalue weighted by Gasteiger charge is 2.07. The molecule has 0 aliphatic rings. The maximum atomic E-state index is 11.4. The zero-order chi connectivity index (χ0) is 13.4. The summed E-state index contributed by atoms with van der Waals surface area (Å²) >= 11 is 1.41.